The first-order valence-corrected chi connectivity index (χ1v) is 8.03. The van der Waals surface area contributed by atoms with E-state index in [1.165, 1.54) is 5.56 Å². The maximum absolute atomic E-state index is 4.23. The topological polar surface area (TPSA) is 66.6 Å². The summed E-state index contributed by atoms with van der Waals surface area (Å²) in [5.41, 5.74) is 2.01. The molecule has 2 aromatic heterocycles. The van der Waals surface area contributed by atoms with Crippen molar-refractivity contribution in [2.75, 3.05) is 7.05 Å². The molecule has 0 saturated heterocycles. The third kappa shape index (κ3) is 3.87. The van der Waals surface area contributed by atoms with Crippen molar-refractivity contribution in [2.45, 2.75) is 13.1 Å². The maximum Gasteiger partial charge on any atom is 0.191 e. The van der Waals surface area contributed by atoms with Crippen molar-refractivity contribution in [3.05, 3.63) is 64.5 Å². The molecule has 118 valence electrons. The van der Waals surface area contributed by atoms with Gasteiger partial charge in [0, 0.05) is 24.3 Å². The number of hydrogen-bond donors (Lipinski definition) is 2. The summed E-state index contributed by atoms with van der Waals surface area (Å²) in [7, 11) is 1.75. The average molecular weight is 373 g/mol. The molecule has 0 atom stereocenters. The Morgan fingerprint density at radius 1 is 1.13 bits per heavy atom. The molecule has 0 spiro atoms. The monoisotopic (exact) mass is 372 g/mol. The lowest BCUT2D eigenvalue weighted by Crippen LogP contribution is -2.36. The summed E-state index contributed by atoms with van der Waals surface area (Å²) >= 11 is 3.47. The third-order valence-electron chi connectivity index (χ3n) is 3.37. The average Bonchev–Trinajstić information content (AvgIpc) is 2.98. The van der Waals surface area contributed by atoms with Crippen LogP contribution in [0.3, 0.4) is 0 Å². The molecule has 3 rings (SSSR count). The van der Waals surface area contributed by atoms with Crippen molar-refractivity contribution in [1.82, 2.24) is 25.2 Å². The van der Waals surface area contributed by atoms with E-state index in [0.29, 0.717) is 13.1 Å². The van der Waals surface area contributed by atoms with Crippen LogP contribution in [0.1, 0.15) is 11.4 Å². The highest BCUT2D eigenvalue weighted by Crippen LogP contribution is 2.11. The largest absolute Gasteiger partial charge is 0.352 e. The summed E-state index contributed by atoms with van der Waals surface area (Å²) in [6, 6.07) is 14.0. The number of aliphatic imine (C=N–C) groups is 1. The molecule has 0 aliphatic heterocycles. The molecule has 0 bridgehead atoms. The Bertz CT molecular complexity index is 826. The summed E-state index contributed by atoms with van der Waals surface area (Å²) in [4.78, 5) is 4.23. The van der Waals surface area contributed by atoms with Gasteiger partial charge < -0.3 is 10.6 Å². The normalized spacial score (nSPS) is 11.7. The summed E-state index contributed by atoms with van der Waals surface area (Å²) in [5.74, 6) is 1.56. The molecule has 2 N–H and O–H groups in total. The number of guanidine groups is 1. The number of nitrogens with one attached hydrogen (secondary N) is 2. The molecule has 0 amide bonds. The van der Waals surface area contributed by atoms with Crippen LogP contribution >= 0.6 is 15.9 Å². The number of fused-ring (bicyclic) bond motifs is 1. The SMILES string of the molecule is CN=C(NCc1cccc(Br)c1)NCc1nnc2ccccn12. The van der Waals surface area contributed by atoms with Crippen molar-refractivity contribution in [1.29, 1.82) is 0 Å². The van der Waals surface area contributed by atoms with E-state index >= 15 is 0 Å². The molecule has 0 aliphatic carbocycles. The molecule has 3 aromatic rings. The van der Waals surface area contributed by atoms with Crippen molar-refractivity contribution in [3.63, 3.8) is 0 Å². The Hall–Kier alpha value is -2.41. The standard InChI is InChI=1S/C16H17BrN6/c1-18-16(19-10-12-5-4-6-13(17)9-12)20-11-15-22-21-14-7-2-3-8-23(14)15/h2-9H,10-11H2,1H3,(H2,18,19,20). The quantitative estimate of drug-likeness (QED) is 0.544. The van der Waals surface area contributed by atoms with E-state index in [1.807, 2.05) is 40.9 Å². The molecule has 0 saturated carbocycles. The summed E-state index contributed by atoms with van der Waals surface area (Å²) in [6.45, 7) is 1.24. The van der Waals surface area contributed by atoms with E-state index in [9.17, 15) is 0 Å². The Balaban J connectivity index is 1.60. The van der Waals surface area contributed by atoms with E-state index in [-0.39, 0.29) is 0 Å². The van der Waals surface area contributed by atoms with E-state index in [1.54, 1.807) is 7.05 Å². The van der Waals surface area contributed by atoms with Crippen LogP contribution in [0.15, 0.2) is 58.1 Å². The predicted molar refractivity (Wildman–Crippen MR) is 94.2 cm³/mol. The molecule has 6 nitrogen and oxygen atoms in total. The molecule has 7 heteroatoms. The van der Waals surface area contributed by atoms with Crippen LogP contribution in [0, 0.1) is 0 Å². The van der Waals surface area contributed by atoms with Gasteiger partial charge in [0.25, 0.3) is 0 Å². The number of halogens is 1. The van der Waals surface area contributed by atoms with Crippen LogP contribution in [0.5, 0.6) is 0 Å². The van der Waals surface area contributed by atoms with Gasteiger partial charge in [-0.3, -0.25) is 9.39 Å². The van der Waals surface area contributed by atoms with Crippen molar-refractivity contribution < 1.29 is 0 Å². The smallest absolute Gasteiger partial charge is 0.191 e. The zero-order chi connectivity index (χ0) is 16.1. The maximum atomic E-state index is 4.23. The fourth-order valence-electron chi connectivity index (χ4n) is 2.23. The highest BCUT2D eigenvalue weighted by Gasteiger charge is 2.05. The summed E-state index contributed by atoms with van der Waals surface area (Å²) in [5, 5.41) is 14.9. The van der Waals surface area contributed by atoms with Gasteiger partial charge in [-0.25, -0.2) is 0 Å². The van der Waals surface area contributed by atoms with Gasteiger partial charge in [0.05, 0.1) is 6.54 Å². The van der Waals surface area contributed by atoms with Gasteiger partial charge in [0.15, 0.2) is 17.4 Å². The van der Waals surface area contributed by atoms with Gasteiger partial charge >= 0.3 is 0 Å². The number of hydrogen-bond acceptors (Lipinski definition) is 3. The minimum atomic E-state index is 0.545. The summed E-state index contributed by atoms with van der Waals surface area (Å²) in [6.07, 6.45) is 1.95. The Labute approximate surface area is 142 Å². The summed E-state index contributed by atoms with van der Waals surface area (Å²) < 4.78 is 3.02. The van der Waals surface area contributed by atoms with Crippen LogP contribution in [0.4, 0.5) is 0 Å². The lowest BCUT2D eigenvalue weighted by Gasteiger charge is -2.11. The predicted octanol–water partition coefficient (Wildman–Crippen LogP) is 2.36. The lowest BCUT2D eigenvalue weighted by atomic mass is 10.2. The Kier molecular flexibility index (Phi) is 4.87. The van der Waals surface area contributed by atoms with E-state index in [4.69, 9.17) is 0 Å². The molecule has 23 heavy (non-hydrogen) atoms. The molecule has 0 aliphatic rings. The number of aromatic nitrogens is 3. The minimum absolute atomic E-state index is 0.545. The number of benzene rings is 1. The van der Waals surface area contributed by atoms with Crippen LogP contribution in [0.25, 0.3) is 5.65 Å². The highest BCUT2D eigenvalue weighted by atomic mass is 79.9. The van der Waals surface area contributed by atoms with E-state index in [0.717, 1.165) is 21.9 Å². The molecule has 0 fully saturated rings. The third-order valence-corrected chi connectivity index (χ3v) is 3.86. The molecular formula is C16H17BrN6. The van der Waals surface area contributed by atoms with Gasteiger partial charge in [-0.15, -0.1) is 10.2 Å². The van der Waals surface area contributed by atoms with Crippen molar-refractivity contribution in [3.8, 4) is 0 Å². The fourth-order valence-corrected chi connectivity index (χ4v) is 2.67. The Morgan fingerprint density at radius 2 is 2.00 bits per heavy atom. The number of pyridine rings is 1. The first-order valence-electron chi connectivity index (χ1n) is 7.24. The fraction of sp³-hybridized carbons (Fsp3) is 0.188. The first kappa shape index (κ1) is 15.5. The van der Waals surface area contributed by atoms with Crippen LogP contribution in [-0.4, -0.2) is 27.6 Å². The van der Waals surface area contributed by atoms with E-state index < -0.39 is 0 Å². The molecular weight excluding hydrogens is 356 g/mol. The van der Waals surface area contributed by atoms with Crippen LogP contribution < -0.4 is 10.6 Å². The second kappa shape index (κ2) is 7.23. The second-order valence-corrected chi connectivity index (χ2v) is 5.87. The van der Waals surface area contributed by atoms with Crippen LogP contribution in [-0.2, 0) is 13.1 Å². The molecule has 2 heterocycles. The molecule has 0 unspecified atom stereocenters. The number of rotatable bonds is 4. The highest BCUT2D eigenvalue weighted by molar-refractivity contribution is 9.10. The second-order valence-electron chi connectivity index (χ2n) is 4.95. The zero-order valence-electron chi connectivity index (χ0n) is 12.7. The minimum Gasteiger partial charge on any atom is -0.352 e. The lowest BCUT2D eigenvalue weighted by molar-refractivity contribution is 0.762. The molecule has 0 radical (unpaired) electrons. The zero-order valence-corrected chi connectivity index (χ0v) is 14.3. The Morgan fingerprint density at radius 3 is 2.83 bits per heavy atom. The van der Waals surface area contributed by atoms with Gasteiger partial charge in [-0.1, -0.05) is 34.1 Å². The van der Waals surface area contributed by atoms with Gasteiger partial charge in [-0.2, -0.15) is 0 Å². The first-order chi connectivity index (χ1) is 11.3. The van der Waals surface area contributed by atoms with Gasteiger partial charge in [0.2, 0.25) is 0 Å². The van der Waals surface area contributed by atoms with Gasteiger partial charge in [0.1, 0.15) is 0 Å². The van der Waals surface area contributed by atoms with E-state index in [2.05, 4.69) is 53.9 Å². The van der Waals surface area contributed by atoms with Gasteiger partial charge in [-0.05, 0) is 29.8 Å². The number of nitrogens with zero attached hydrogens (tertiary/aromatic N) is 4. The van der Waals surface area contributed by atoms with Crippen molar-refractivity contribution >= 4 is 27.5 Å². The molecule has 1 aromatic carbocycles. The van der Waals surface area contributed by atoms with Crippen LogP contribution in [0.2, 0.25) is 0 Å². The van der Waals surface area contributed by atoms with Crippen molar-refractivity contribution in [2.24, 2.45) is 4.99 Å².